The zero-order valence-corrected chi connectivity index (χ0v) is 14.7. The largest absolute Gasteiger partial charge is 0.452 e. The van der Waals surface area contributed by atoms with Crippen LogP contribution < -0.4 is 10.2 Å². The summed E-state index contributed by atoms with van der Waals surface area (Å²) in [6.45, 7) is 0.318. The molecule has 0 bridgehead atoms. The molecule has 0 atom stereocenters. The molecule has 0 spiro atoms. The Morgan fingerprint density at radius 2 is 1.77 bits per heavy atom. The Hall–Kier alpha value is -2.86. The third-order valence-corrected chi connectivity index (χ3v) is 4.20. The number of rotatable bonds is 5. The van der Waals surface area contributed by atoms with Crippen molar-refractivity contribution in [3.63, 3.8) is 0 Å². The van der Waals surface area contributed by atoms with Crippen LogP contribution in [-0.2, 0) is 14.3 Å². The standard InChI is InChI=1S/C19H17ClN2O4/c20-14-5-3-13(4-6-14)19(25)26-12-17(23)21-15-7-9-16(10-8-15)22-11-1-2-18(22)24/h3-10H,1-2,11-12H2,(H,21,23). The summed E-state index contributed by atoms with van der Waals surface area (Å²) in [5, 5.41) is 3.16. The SMILES string of the molecule is O=C(COC(=O)c1ccc(Cl)cc1)Nc1ccc(N2CCCC2=O)cc1. The first kappa shape index (κ1) is 17.9. The maximum Gasteiger partial charge on any atom is 0.338 e. The van der Waals surface area contributed by atoms with Gasteiger partial charge in [0.2, 0.25) is 5.91 Å². The number of halogens is 1. The Labute approximate surface area is 155 Å². The molecule has 1 saturated heterocycles. The maximum absolute atomic E-state index is 11.9. The van der Waals surface area contributed by atoms with E-state index in [1.807, 2.05) is 0 Å². The molecule has 0 aromatic heterocycles. The predicted molar refractivity (Wildman–Crippen MR) is 98.4 cm³/mol. The highest BCUT2D eigenvalue weighted by Gasteiger charge is 2.21. The highest BCUT2D eigenvalue weighted by molar-refractivity contribution is 6.30. The Kier molecular flexibility index (Phi) is 5.53. The molecule has 0 aliphatic carbocycles. The van der Waals surface area contributed by atoms with Gasteiger partial charge >= 0.3 is 5.97 Å². The van der Waals surface area contributed by atoms with Crippen molar-refractivity contribution in [1.82, 2.24) is 0 Å². The minimum atomic E-state index is -0.597. The lowest BCUT2D eigenvalue weighted by atomic mass is 10.2. The fraction of sp³-hybridized carbons (Fsp3) is 0.211. The first-order chi connectivity index (χ1) is 12.5. The van der Waals surface area contributed by atoms with Gasteiger partial charge in [-0.25, -0.2) is 4.79 Å². The van der Waals surface area contributed by atoms with Crippen molar-refractivity contribution in [2.24, 2.45) is 0 Å². The van der Waals surface area contributed by atoms with Crippen LogP contribution in [0.3, 0.4) is 0 Å². The maximum atomic E-state index is 11.9. The fourth-order valence-corrected chi connectivity index (χ4v) is 2.77. The van der Waals surface area contributed by atoms with Gasteiger partial charge < -0.3 is 15.0 Å². The van der Waals surface area contributed by atoms with Crippen molar-refractivity contribution >= 4 is 40.8 Å². The number of ether oxygens (including phenoxy) is 1. The van der Waals surface area contributed by atoms with Crippen LogP contribution in [0, 0.1) is 0 Å². The monoisotopic (exact) mass is 372 g/mol. The smallest absolute Gasteiger partial charge is 0.338 e. The lowest BCUT2D eigenvalue weighted by Gasteiger charge is -2.16. The van der Waals surface area contributed by atoms with Crippen LogP contribution in [0.2, 0.25) is 5.02 Å². The van der Waals surface area contributed by atoms with Crippen LogP contribution >= 0.6 is 11.6 Å². The molecule has 2 aromatic rings. The minimum Gasteiger partial charge on any atom is -0.452 e. The lowest BCUT2D eigenvalue weighted by molar-refractivity contribution is -0.119. The molecule has 134 valence electrons. The fourth-order valence-electron chi connectivity index (χ4n) is 2.64. The second-order valence-electron chi connectivity index (χ2n) is 5.83. The molecule has 2 aromatic carbocycles. The summed E-state index contributed by atoms with van der Waals surface area (Å²) in [5.41, 5.74) is 1.69. The highest BCUT2D eigenvalue weighted by Crippen LogP contribution is 2.23. The number of amides is 2. The van der Waals surface area contributed by atoms with Gasteiger partial charge in [0.15, 0.2) is 6.61 Å². The summed E-state index contributed by atoms with van der Waals surface area (Å²) in [4.78, 5) is 37.2. The van der Waals surface area contributed by atoms with Gasteiger partial charge in [0.25, 0.3) is 5.91 Å². The number of benzene rings is 2. The van der Waals surface area contributed by atoms with Gasteiger partial charge in [0, 0.05) is 29.4 Å². The first-order valence-corrected chi connectivity index (χ1v) is 8.54. The lowest BCUT2D eigenvalue weighted by Crippen LogP contribution is -2.23. The predicted octanol–water partition coefficient (Wildman–Crippen LogP) is 3.26. The Morgan fingerprint density at radius 1 is 1.08 bits per heavy atom. The summed E-state index contributed by atoms with van der Waals surface area (Å²) < 4.78 is 4.97. The molecule has 0 unspecified atom stereocenters. The second kappa shape index (κ2) is 8.01. The number of hydrogen-bond acceptors (Lipinski definition) is 4. The number of anilines is 2. The van der Waals surface area contributed by atoms with Crippen LogP contribution in [0.4, 0.5) is 11.4 Å². The molecule has 7 heteroatoms. The topological polar surface area (TPSA) is 75.7 Å². The Morgan fingerprint density at radius 3 is 2.38 bits per heavy atom. The van der Waals surface area contributed by atoms with E-state index in [-0.39, 0.29) is 5.91 Å². The molecule has 0 saturated carbocycles. The van der Waals surface area contributed by atoms with Crippen molar-refractivity contribution in [2.75, 3.05) is 23.4 Å². The van der Waals surface area contributed by atoms with E-state index in [2.05, 4.69) is 5.32 Å². The number of hydrogen-bond donors (Lipinski definition) is 1. The number of nitrogens with one attached hydrogen (secondary N) is 1. The highest BCUT2D eigenvalue weighted by atomic mass is 35.5. The zero-order chi connectivity index (χ0) is 18.5. The number of esters is 1. The van der Waals surface area contributed by atoms with Crippen LogP contribution in [0.5, 0.6) is 0 Å². The quantitative estimate of drug-likeness (QED) is 0.817. The van der Waals surface area contributed by atoms with Crippen LogP contribution in [0.25, 0.3) is 0 Å². The van der Waals surface area contributed by atoms with Gasteiger partial charge in [-0.05, 0) is 55.0 Å². The normalized spacial score (nSPS) is 13.6. The zero-order valence-electron chi connectivity index (χ0n) is 13.9. The van der Waals surface area contributed by atoms with Gasteiger partial charge in [-0.3, -0.25) is 9.59 Å². The molecule has 3 rings (SSSR count). The Bertz CT molecular complexity index is 818. The molecular weight excluding hydrogens is 356 g/mol. The van der Waals surface area contributed by atoms with Gasteiger partial charge in [-0.1, -0.05) is 11.6 Å². The average molecular weight is 373 g/mol. The van der Waals surface area contributed by atoms with E-state index >= 15 is 0 Å². The van der Waals surface area contributed by atoms with Crippen molar-refractivity contribution in [3.8, 4) is 0 Å². The van der Waals surface area contributed by atoms with Gasteiger partial charge in [0.05, 0.1) is 5.56 Å². The third kappa shape index (κ3) is 4.40. The third-order valence-electron chi connectivity index (χ3n) is 3.95. The molecule has 2 amide bonds. The molecule has 1 aliphatic rings. The van der Waals surface area contributed by atoms with E-state index in [4.69, 9.17) is 16.3 Å². The molecule has 26 heavy (non-hydrogen) atoms. The van der Waals surface area contributed by atoms with Gasteiger partial charge in [0.1, 0.15) is 0 Å². The Balaban J connectivity index is 1.50. The van der Waals surface area contributed by atoms with E-state index < -0.39 is 18.5 Å². The number of carbonyl (C=O) groups excluding carboxylic acids is 3. The van der Waals surface area contributed by atoms with E-state index in [1.54, 1.807) is 41.3 Å². The van der Waals surface area contributed by atoms with Crippen LogP contribution in [0.1, 0.15) is 23.2 Å². The number of carbonyl (C=O) groups is 3. The molecule has 0 radical (unpaired) electrons. The molecule has 6 nitrogen and oxygen atoms in total. The van der Waals surface area contributed by atoms with E-state index in [1.165, 1.54) is 12.1 Å². The molecule has 1 aliphatic heterocycles. The van der Waals surface area contributed by atoms with Crippen LogP contribution in [0.15, 0.2) is 48.5 Å². The van der Waals surface area contributed by atoms with E-state index in [9.17, 15) is 14.4 Å². The molecular formula is C19H17ClN2O4. The number of nitrogens with zero attached hydrogens (tertiary/aromatic N) is 1. The van der Waals surface area contributed by atoms with Crippen molar-refractivity contribution < 1.29 is 19.1 Å². The molecule has 1 fully saturated rings. The van der Waals surface area contributed by atoms with Crippen molar-refractivity contribution in [1.29, 1.82) is 0 Å². The second-order valence-corrected chi connectivity index (χ2v) is 6.26. The minimum absolute atomic E-state index is 0.107. The van der Waals surface area contributed by atoms with Crippen molar-refractivity contribution in [3.05, 3.63) is 59.1 Å². The van der Waals surface area contributed by atoms with Gasteiger partial charge in [-0.2, -0.15) is 0 Å². The molecule has 1 N–H and O–H groups in total. The van der Waals surface area contributed by atoms with E-state index in [0.717, 1.165) is 12.1 Å². The molecule has 1 heterocycles. The van der Waals surface area contributed by atoms with Crippen LogP contribution in [-0.4, -0.2) is 30.9 Å². The van der Waals surface area contributed by atoms with E-state index in [0.29, 0.717) is 29.2 Å². The summed E-state index contributed by atoms with van der Waals surface area (Å²) in [7, 11) is 0. The first-order valence-electron chi connectivity index (χ1n) is 8.16. The van der Waals surface area contributed by atoms with Gasteiger partial charge in [-0.15, -0.1) is 0 Å². The summed E-state index contributed by atoms with van der Waals surface area (Å²) in [5.74, 6) is -0.937. The summed E-state index contributed by atoms with van der Waals surface area (Å²) >= 11 is 5.76. The summed E-state index contributed by atoms with van der Waals surface area (Å²) in [6.07, 6.45) is 1.42. The summed E-state index contributed by atoms with van der Waals surface area (Å²) in [6, 6.07) is 13.2. The average Bonchev–Trinajstić information content (AvgIpc) is 3.07. The van der Waals surface area contributed by atoms with Crippen molar-refractivity contribution in [2.45, 2.75) is 12.8 Å².